The summed E-state index contributed by atoms with van der Waals surface area (Å²) < 4.78 is 0. The SMILES string of the molecule is CC1(C)c2ccccc2N2c3cc4c5c6c(nc4c4c3B(c3cccc1c32)c1cccc2c1N4c1ccccc1C2(C)C)N1c2ccccc2C(C)(C)c2cccc(c21)B6c1cccc2c1N5c1ccccc1C2(C)C. The number of hydrogen-bond acceptors (Lipinski definition) is 5. The highest BCUT2D eigenvalue weighted by Crippen LogP contribution is 2.62. The number of aromatic nitrogens is 1. The van der Waals surface area contributed by atoms with E-state index in [1.807, 2.05) is 0 Å². The van der Waals surface area contributed by atoms with Crippen molar-refractivity contribution in [3.8, 4) is 0 Å². The van der Waals surface area contributed by atoms with E-state index >= 15 is 0 Å². The molecule has 1 aromatic heterocycles. The first-order valence-corrected chi connectivity index (χ1v) is 27.5. The Morgan fingerprint density at radius 1 is 0.303 bits per heavy atom. The topological polar surface area (TPSA) is 25.9 Å². The minimum Gasteiger partial charge on any atom is -0.311 e. The summed E-state index contributed by atoms with van der Waals surface area (Å²) in [6.45, 7) is 19.3. The van der Waals surface area contributed by atoms with E-state index in [9.17, 15) is 0 Å². The molecule has 18 rings (SSSR count). The maximum absolute atomic E-state index is 6.47. The van der Waals surface area contributed by atoms with Gasteiger partial charge in [0, 0.05) is 55.5 Å². The molecule has 0 spiro atoms. The third-order valence-electron chi connectivity index (χ3n) is 20.1. The summed E-state index contributed by atoms with van der Waals surface area (Å²) in [5, 5.41) is 1.17. The first kappa shape index (κ1) is 42.0. The van der Waals surface area contributed by atoms with Gasteiger partial charge < -0.3 is 14.7 Å². The van der Waals surface area contributed by atoms with Gasteiger partial charge in [0.25, 0.3) is 13.4 Å². The van der Waals surface area contributed by atoms with Crippen LogP contribution >= 0.6 is 0 Å². The molecule has 0 saturated carbocycles. The summed E-state index contributed by atoms with van der Waals surface area (Å²) in [5.41, 5.74) is 32.5. The van der Waals surface area contributed by atoms with E-state index in [-0.39, 0.29) is 35.1 Å². The normalized spacial score (nSPS) is 18.0. The smallest absolute Gasteiger partial charge is 0.254 e. The predicted octanol–water partition coefficient (Wildman–Crippen LogP) is 13.0. The first-order valence-electron chi connectivity index (χ1n) is 27.5. The summed E-state index contributed by atoms with van der Waals surface area (Å²) in [7, 11) is 0. The molecule has 9 aromatic carbocycles. The lowest BCUT2D eigenvalue weighted by atomic mass is 9.32. The van der Waals surface area contributed by atoms with Crippen molar-refractivity contribution in [3.63, 3.8) is 0 Å². The van der Waals surface area contributed by atoms with Crippen molar-refractivity contribution in [2.75, 3.05) is 19.6 Å². The molecular weight excluding hydrogens is 920 g/mol. The van der Waals surface area contributed by atoms with E-state index < -0.39 is 0 Å². The van der Waals surface area contributed by atoms with Crippen LogP contribution in [0.15, 0.2) is 176 Å². The van der Waals surface area contributed by atoms with Crippen LogP contribution < -0.4 is 52.4 Å². The monoisotopic (exact) mass is 973 g/mol. The van der Waals surface area contributed by atoms with Crippen molar-refractivity contribution in [3.05, 3.63) is 220 Å². The molecule has 0 fully saturated rings. The lowest BCUT2D eigenvalue weighted by molar-refractivity contribution is 0.631. The summed E-state index contributed by atoms with van der Waals surface area (Å²) >= 11 is 0. The molecule has 0 N–H and O–H groups in total. The van der Waals surface area contributed by atoms with E-state index in [1.54, 1.807) is 0 Å². The second kappa shape index (κ2) is 13.2. The Hall–Kier alpha value is -8.28. The van der Waals surface area contributed by atoms with Crippen molar-refractivity contribution < 1.29 is 0 Å². The van der Waals surface area contributed by atoms with Gasteiger partial charge in [0.2, 0.25) is 0 Å². The molecule has 5 nitrogen and oxygen atoms in total. The molecule has 0 saturated heterocycles. The molecule has 8 aliphatic rings. The Kier molecular flexibility index (Phi) is 7.30. The Labute approximate surface area is 445 Å². The standard InChI is InChI=1S/C69H53B2N5/c1-66(2)39-21-9-13-33-51(39)73-55-37-38-58(64-56(55)70(47-29-17-25-43(66)60(47)73)48-30-18-27-45-62(48)75(64)53-35-15-11-23-41(53)68(45,5)6)72-65-57-59(38)74-52-34-14-10-22-40(52)67(3,4)44-26-19-31-49(61(44)74)71(57)50-32-20-28-46-63(50)76(65)54-36-16-12-24-42(54)69(46,7)8/h9-37H,1-8H3. The van der Waals surface area contributed by atoms with Crippen LogP contribution in [-0.4, -0.2) is 18.4 Å². The van der Waals surface area contributed by atoms with Crippen molar-refractivity contribution >= 4 is 125 Å². The minimum absolute atomic E-state index is 0.0523. The maximum atomic E-state index is 6.47. The van der Waals surface area contributed by atoms with Crippen LogP contribution in [0.1, 0.15) is 99.9 Å². The van der Waals surface area contributed by atoms with Gasteiger partial charge in [-0.25, -0.2) is 4.98 Å². The zero-order valence-electron chi connectivity index (χ0n) is 44.1. The third-order valence-corrected chi connectivity index (χ3v) is 20.1. The molecular formula is C69H53B2N5. The molecule has 7 heteroatoms. The van der Waals surface area contributed by atoms with E-state index in [0.717, 1.165) is 11.3 Å². The average Bonchev–Trinajstić information content (AvgIpc) is 3.29. The molecule has 76 heavy (non-hydrogen) atoms. The lowest BCUT2D eigenvalue weighted by Gasteiger charge is -2.53. The van der Waals surface area contributed by atoms with Crippen LogP contribution in [0.2, 0.25) is 0 Å². The summed E-state index contributed by atoms with van der Waals surface area (Å²) in [4.78, 5) is 17.1. The zero-order valence-corrected chi connectivity index (χ0v) is 44.1. The number of benzene rings is 9. The molecule has 0 bridgehead atoms. The van der Waals surface area contributed by atoms with Gasteiger partial charge in [-0.05, 0) is 108 Å². The van der Waals surface area contributed by atoms with E-state index in [1.165, 1.54) is 145 Å². The number of rotatable bonds is 0. The Balaban J connectivity index is 1.09. The van der Waals surface area contributed by atoms with Gasteiger partial charge in [-0.15, -0.1) is 0 Å². The van der Waals surface area contributed by atoms with Gasteiger partial charge in [-0.2, -0.15) is 0 Å². The fraction of sp³-hybridized carbons (Fsp3) is 0.174. The van der Waals surface area contributed by atoms with Gasteiger partial charge in [0.05, 0.1) is 39.6 Å². The third kappa shape index (κ3) is 4.49. The van der Waals surface area contributed by atoms with Crippen LogP contribution in [0.4, 0.5) is 68.4 Å². The maximum Gasteiger partial charge on any atom is 0.254 e. The molecule has 0 amide bonds. The molecule has 0 unspecified atom stereocenters. The first-order chi connectivity index (χ1) is 36.8. The van der Waals surface area contributed by atoms with Crippen molar-refractivity contribution in [2.24, 2.45) is 0 Å². The molecule has 0 atom stereocenters. The Morgan fingerprint density at radius 3 is 1.07 bits per heavy atom. The van der Waals surface area contributed by atoms with Gasteiger partial charge >= 0.3 is 0 Å². The lowest BCUT2D eigenvalue weighted by Crippen LogP contribution is -2.64. The van der Waals surface area contributed by atoms with Gasteiger partial charge in [-0.1, -0.05) is 201 Å². The number of nitrogens with zero attached hydrogens (tertiary/aromatic N) is 5. The summed E-state index contributed by atoms with van der Waals surface area (Å²) in [6.07, 6.45) is 0. The highest BCUT2D eigenvalue weighted by atomic mass is 15.3. The van der Waals surface area contributed by atoms with Crippen molar-refractivity contribution in [1.29, 1.82) is 0 Å². The summed E-state index contributed by atoms with van der Waals surface area (Å²) in [5.74, 6) is 1.02. The largest absolute Gasteiger partial charge is 0.311 e. The van der Waals surface area contributed by atoms with Gasteiger partial charge in [0.15, 0.2) is 0 Å². The average molecular weight is 974 g/mol. The number of fused-ring (bicyclic) bond motifs is 19. The number of anilines is 12. The van der Waals surface area contributed by atoms with E-state index in [2.05, 4.69) is 251 Å². The fourth-order valence-corrected chi connectivity index (χ4v) is 16.7. The predicted molar refractivity (Wildman–Crippen MR) is 318 cm³/mol. The zero-order chi connectivity index (χ0) is 50.8. The molecule has 10 aromatic rings. The quantitative estimate of drug-likeness (QED) is 0.141. The molecule has 360 valence electrons. The number of para-hydroxylation sites is 8. The highest BCUT2D eigenvalue weighted by molar-refractivity contribution is 7.02. The van der Waals surface area contributed by atoms with Crippen LogP contribution in [0.3, 0.4) is 0 Å². The van der Waals surface area contributed by atoms with Gasteiger partial charge in [-0.3, -0.25) is 4.90 Å². The molecule has 0 aliphatic carbocycles. The van der Waals surface area contributed by atoms with Crippen molar-refractivity contribution in [2.45, 2.75) is 77.0 Å². The second-order valence-electron chi connectivity index (χ2n) is 25.0. The van der Waals surface area contributed by atoms with E-state index in [0.29, 0.717) is 0 Å². The van der Waals surface area contributed by atoms with Crippen LogP contribution in [0.25, 0.3) is 10.9 Å². The summed E-state index contributed by atoms with van der Waals surface area (Å²) in [6, 6.07) is 68.2. The van der Waals surface area contributed by atoms with Crippen molar-refractivity contribution in [1.82, 2.24) is 4.98 Å². The fourth-order valence-electron chi connectivity index (χ4n) is 16.7. The molecule has 0 radical (unpaired) electrons. The van der Waals surface area contributed by atoms with Crippen LogP contribution in [0.5, 0.6) is 0 Å². The second-order valence-corrected chi connectivity index (χ2v) is 25.0. The van der Waals surface area contributed by atoms with Gasteiger partial charge in [0.1, 0.15) is 5.82 Å². The minimum atomic E-state index is -0.262. The Morgan fingerprint density at radius 2 is 0.632 bits per heavy atom. The number of hydrogen-bond donors (Lipinski definition) is 0. The van der Waals surface area contributed by atoms with E-state index in [4.69, 9.17) is 4.98 Å². The number of pyridine rings is 1. The Bertz CT molecular complexity index is 4130. The van der Waals surface area contributed by atoms with Crippen LogP contribution in [0, 0.1) is 0 Å². The molecule has 8 aliphatic heterocycles. The van der Waals surface area contributed by atoms with Crippen LogP contribution in [-0.2, 0) is 21.7 Å². The molecule has 9 heterocycles. The highest BCUT2D eigenvalue weighted by Gasteiger charge is 2.56.